The number of hydrogen-bond donors (Lipinski definition) is 0. The van der Waals surface area contributed by atoms with Gasteiger partial charge in [-0.25, -0.2) is 9.37 Å². The Hall–Kier alpha value is -2.55. The first-order valence-electron chi connectivity index (χ1n) is 10.5. The van der Waals surface area contributed by atoms with Gasteiger partial charge < -0.3 is 4.74 Å². The lowest BCUT2D eigenvalue weighted by Crippen LogP contribution is -2.47. The Morgan fingerprint density at radius 3 is 2.34 bits per heavy atom. The lowest BCUT2D eigenvalue weighted by atomic mass is 9.85. The van der Waals surface area contributed by atoms with Crippen LogP contribution < -0.4 is 4.74 Å². The van der Waals surface area contributed by atoms with E-state index in [1.807, 2.05) is 25.7 Å². The van der Waals surface area contributed by atoms with Crippen molar-refractivity contribution in [3.05, 3.63) is 53.5 Å². The van der Waals surface area contributed by atoms with Gasteiger partial charge in [-0.1, -0.05) is 18.2 Å². The summed E-state index contributed by atoms with van der Waals surface area (Å²) in [6.45, 7) is 6.61. The minimum absolute atomic E-state index is 0.0876. The molecule has 5 nitrogen and oxygen atoms in total. The molecule has 0 unspecified atom stereocenters. The Bertz CT molecular complexity index is 949. The first-order valence-corrected chi connectivity index (χ1v) is 10.5. The number of nitrogens with zero attached hydrogens (tertiary/aromatic N) is 3. The number of aromatic nitrogens is 2. The highest BCUT2D eigenvalue weighted by molar-refractivity contribution is 5.89. The van der Waals surface area contributed by atoms with Crippen molar-refractivity contribution in [3.8, 4) is 5.88 Å². The van der Waals surface area contributed by atoms with E-state index in [4.69, 9.17) is 4.74 Å². The molecular weight excluding hydrogens is 426 g/mol. The van der Waals surface area contributed by atoms with Gasteiger partial charge >= 0.3 is 6.18 Å². The topological polar surface area (TPSA) is 55.3 Å². The fourth-order valence-corrected chi connectivity index (χ4v) is 3.68. The van der Waals surface area contributed by atoms with Crippen molar-refractivity contribution in [2.24, 2.45) is 0 Å². The molecule has 9 heteroatoms. The first kappa shape index (κ1) is 24.1. The number of hydrogen-bond acceptors (Lipinski definition) is 5. The van der Waals surface area contributed by atoms with Gasteiger partial charge in [-0.15, -0.1) is 0 Å². The van der Waals surface area contributed by atoms with Gasteiger partial charge in [0.1, 0.15) is 11.3 Å². The summed E-state index contributed by atoms with van der Waals surface area (Å²) in [5.74, 6) is -0.415. The minimum atomic E-state index is -4.59. The number of alkyl halides is 4. The average molecular weight is 453 g/mol. The van der Waals surface area contributed by atoms with Gasteiger partial charge in [0.05, 0.1) is 5.56 Å². The van der Waals surface area contributed by atoms with E-state index in [9.17, 15) is 18.0 Å². The van der Waals surface area contributed by atoms with E-state index in [-0.39, 0.29) is 31.5 Å². The molecule has 0 spiro atoms. The van der Waals surface area contributed by atoms with Crippen molar-refractivity contribution in [1.82, 2.24) is 14.9 Å². The predicted octanol–water partition coefficient (Wildman–Crippen LogP) is 4.79. The van der Waals surface area contributed by atoms with Gasteiger partial charge in [0, 0.05) is 51.3 Å². The maximum Gasteiger partial charge on any atom is 0.416 e. The van der Waals surface area contributed by atoms with Crippen LogP contribution in [0.25, 0.3) is 0 Å². The molecule has 2 aromatic rings. The molecule has 1 aromatic carbocycles. The third-order valence-electron chi connectivity index (χ3n) is 5.33. The fourth-order valence-electron chi connectivity index (χ4n) is 3.68. The number of halogens is 4. The molecule has 0 N–H and O–H groups in total. The summed E-state index contributed by atoms with van der Waals surface area (Å²) in [6, 6.07) is 4.81. The van der Waals surface area contributed by atoms with Gasteiger partial charge in [0.15, 0.2) is 11.5 Å². The Morgan fingerprint density at radius 2 is 1.72 bits per heavy atom. The van der Waals surface area contributed by atoms with Crippen molar-refractivity contribution in [2.45, 2.75) is 64.0 Å². The zero-order valence-electron chi connectivity index (χ0n) is 18.4. The van der Waals surface area contributed by atoms with Crippen LogP contribution in [-0.4, -0.2) is 45.0 Å². The van der Waals surface area contributed by atoms with Crippen molar-refractivity contribution < 1.29 is 27.1 Å². The summed E-state index contributed by atoms with van der Waals surface area (Å²) in [4.78, 5) is 23.1. The maximum absolute atomic E-state index is 15.4. The predicted molar refractivity (Wildman–Crippen MR) is 111 cm³/mol. The summed E-state index contributed by atoms with van der Waals surface area (Å²) >= 11 is 0. The molecular formula is C23H27F4N3O2. The highest BCUT2D eigenvalue weighted by Crippen LogP contribution is 2.35. The molecule has 0 aliphatic carbocycles. The zero-order chi connectivity index (χ0) is 23.6. The normalized spacial score (nSPS) is 17.2. The number of likely N-dealkylation sites (tertiary alicyclic amines) is 1. The second-order valence-corrected chi connectivity index (χ2v) is 9.02. The van der Waals surface area contributed by atoms with Gasteiger partial charge in [0.2, 0.25) is 5.88 Å². The van der Waals surface area contributed by atoms with E-state index in [2.05, 4.69) is 9.97 Å². The zero-order valence-corrected chi connectivity index (χ0v) is 18.4. The molecule has 3 rings (SSSR count). The Labute approximate surface area is 184 Å². The summed E-state index contributed by atoms with van der Waals surface area (Å²) in [7, 11) is 0. The molecule has 2 heterocycles. The first-order chi connectivity index (χ1) is 14.9. The van der Waals surface area contributed by atoms with E-state index in [1.54, 1.807) is 6.20 Å². The number of piperidine rings is 1. The van der Waals surface area contributed by atoms with Gasteiger partial charge in [-0.05, 0) is 32.4 Å². The lowest BCUT2D eigenvalue weighted by Gasteiger charge is -2.35. The van der Waals surface area contributed by atoms with E-state index in [0.717, 1.165) is 6.07 Å². The Morgan fingerprint density at radius 1 is 1.09 bits per heavy atom. The molecule has 1 fully saturated rings. The van der Waals surface area contributed by atoms with Crippen LogP contribution in [-0.2, 0) is 23.9 Å². The maximum atomic E-state index is 15.4. The van der Waals surface area contributed by atoms with Crippen LogP contribution in [0.2, 0.25) is 0 Å². The SMILES string of the molecule is CC(C)(C)Oc1nccnc1CN1CCC(F)(C(=O)Cc2ccccc2C(F)(F)F)CC1. The monoisotopic (exact) mass is 453 g/mol. The molecule has 0 radical (unpaired) electrons. The minimum Gasteiger partial charge on any atom is -0.471 e. The van der Waals surface area contributed by atoms with Crippen LogP contribution >= 0.6 is 0 Å². The third kappa shape index (κ3) is 6.03. The van der Waals surface area contributed by atoms with Gasteiger partial charge in [-0.2, -0.15) is 13.2 Å². The number of ether oxygens (including phenoxy) is 1. The number of carbonyl (C=O) groups excluding carboxylic acids is 1. The molecule has 1 aliphatic rings. The molecule has 32 heavy (non-hydrogen) atoms. The Balaban J connectivity index is 1.64. The van der Waals surface area contributed by atoms with Crippen LogP contribution in [0.15, 0.2) is 36.7 Å². The van der Waals surface area contributed by atoms with E-state index in [0.29, 0.717) is 18.1 Å². The number of Topliss-reactive ketones (excluding diaryl/α,β-unsaturated/α-hetero) is 1. The van der Waals surface area contributed by atoms with E-state index >= 15 is 4.39 Å². The average Bonchev–Trinajstić information content (AvgIpc) is 2.70. The largest absolute Gasteiger partial charge is 0.471 e. The van der Waals surface area contributed by atoms with Crippen LogP contribution in [0.5, 0.6) is 5.88 Å². The highest BCUT2D eigenvalue weighted by atomic mass is 19.4. The molecule has 174 valence electrons. The molecule has 0 atom stereocenters. The smallest absolute Gasteiger partial charge is 0.416 e. The fraction of sp³-hybridized carbons (Fsp3) is 0.522. The molecule has 1 aromatic heterocycles. The van der Waals surface area contributed by atoms with Crippen LogP contribution in [0, 0.1) is 0 Å². The number of carbonyl (C=O) groups is 1. The van der Waals surface area contributed by atoms with E-state index < -0.39 is 35.2 Å². The molecule has 0 saturated carbocycles. The second-order valence-electron chi connectivity index (χ2n) is 9.02. The summed E-state index contributed by atoms with van der Waals surface area (Å²) in [5, 5.41) is 0. The second kappa shape index (κ2) is 9.13. The molecule has 1 aliphatic heterocycles. The summed E-state index contributed by atoms with van der Waals surface area (Å²) in [5.41, 5.74) is -3.10. The van der Waals surface area contributed by atoms with Crippen LogP contribution in [0.1, 0.15) is 50.4 Å². The summed E-state index contributed by atoms with van der Waals surface area (Å²) in [6.07, 6.45) is -2.26. The van der Waals surface area contributed by atoms with Gasteiger partial charge in [-0.3, -0.25) is 14.7 Å². The van der Waals surface area contributed by atoms with Crippen molar-refractivity contribution in [2.75, 3.05) is 13.1 Å². The molecule has 0 amide bonds. The number of benzene rings is 1. The quantitative estimate of drug-likeness (QED) is 0.589. The van der Waals surface area contributed by atoms with Crippen molar-refractivity contribution >= 4 is 5.78 Å². The van der Waals surface area contributed by atoms with Crippen molar-refractivity contribution in [1.29, 1.82) is 0 Å². The van der Waals surface area contributed by atoms with Gasteiger partial charge in [0.25, 0.3) is 0 Å². The highest BCUT2D eigenvalue weighted by Gasteiger charge is 2.42. The van der Waals surface area contributed by atoms with Crippen LogP contribution in [0.4, 0.5) is 17.6 Å². The molecule has 0 bridgehead atoms. The van der Waals surface area contributed by atoms with Crippen LogP contribution in [0.3, 0.4) is 0 Å². The third-order valence-corrected chi connectivity index (χ3v) is 5.33. The number of ketones is 1. The van der Waals surface area contributed by atoms with Crippen molar-refractivity contribution in [3.63, 3.8) is 0 Å². The Kier molecular flexibility index (Phi) is 6.88. The summed E-state index contributed by atoms with van der Waals surface area (Å²) < 4.78 is 60.8. The standard InChI is InChI=1S/C23H27F4N3O2/c1-21(2,3)32-20-18(28-10-11-29-20)15-30-12-8-22(24,9-13-30)19(31)14-16-6-4-5-7-17(16)23(25,26)27/h4-7,10-11H,8-9,12-15H2,1-3H3. The van der Waals surface area contributed by atoms with E-state index in [1.165, 1.54) is 24.4 Å². The lowest BCUT2D eigenvalue weighted by molar-refractivity contribution is -0.139. The number of rotatable bonds is 6. The molecule has 1 saturated heterocycles.